The fourth-order valence-corrected chi connectivity index (χ4v) is 7.09. The highest BCUT2D eigenvalue weighted by molar-refractivity contribution is 8.26. The molecule has 0 bridgehead atoms. The molecule has 1 aliphatic rings. The van der Waals surface area contributed by atoms with Crippen molar-refractivity contribution in [3.05, 3.63) is 59.6 Å². The standard InChI is InChI=1S/C25H31ClN2O4S/c1-24(2)15-19(16-25(3,4)33(24,29)30)32-23-14-21(17-10-12-18(26)13-11-17)28(27-23)20-8-6-7-9-22(20)31-5/h6-14,19,29-30H,15-16H2,1-5H3. The van der Waals surface area contributed by atoms with Gasteiger partial charge in [0.2, 0.25) is 5.88 Å². The Balaban J connectivity index is 1.74. The summed E-state index contributed by atoms with van der Waals surface area (Å²) in [5, 5.41) is 5.43. The van der Waals surface area contributed by atoms with Crippen molar-refractivity contribution in [2.75, 3.05) is 7.11 Å². The molecule has 2 N–H and O–H groups in total. The molecule has 33 heavy (non-hydrogen) atoms. The molecule has 2 aromatic carbocycles. The lowest BCUT2D eigenvalue weighted by Gasteiger charge is -2.61. The number of nitrogens with zero attached hydrogens (tertiary/aromatic N) is 2. The Morgan fingerprint density at radius 1 is 1.00 bits per heavy atom. The van der Waals surface area contributed by atoms with Gasteiger partial charge in [-0.05, 0) is 52.0 Å². The van der Waals surface area contributed by atoms with Crippen molar-refractivity contribution in [3.63, 3.8) is 0 Å². The highest BCUT2D eigenvalue weighted by Crippen LogP contribution is 2.67. The van der Waals surface area contributed by atoms with Gasteiger partial charge in [0.1, 0.15) is 17.5 Å². The van der Waals surface area contributed by atoms with E-state index >= 15 is 0 Å². The van der Waals surface area contributed by atoms with Gasteiger partial charge in [0.15, 0.2) is 0 Å². The Labute approximate surface area is 201 Å². The van der Waals surface area contributed by atoms with Gasteiger partial charge < -0.3 is 9.47 Å². The van der Waals surface area contributed by atoms with Gasteiger partial charge in [0, 0.05) is 29.5 Å². The minimum Gasteiger partial charge on any atom is -0.494 e. The summed E-state index contributed by atoms with van der Waals surface area (Å²) < 4.78 is 34.2. The van der Waals surface area contributed by atoms with Gasteiger partial charge in [-0.2, -0.15) is 10.6 Å². The third-order valence-corrected chi connectivity index (χ3v) is 10.1. The lowest BCUT2D eigenvalue weighted by molar-refractivity contribution is 0.130. The second kappa shape index (κ2) is 8.55. The summed E-state index contributed by atoms with van der Waals surface area (Å²) in [5.41, 5.74) is 2.56. The Bertz CT molecular complexity index is 1120. The fourth-order valence-electron chi connectivity index (χ4n) is 4.63. The van der Waals surface area contributed by atoms with Crippen molar-refractivity contribution in [1.29, 1.82) is 0 Å². The van der Waals surface area contributed by atoms with E-state index in [0.29, 0.717) is 29.5 Å². The monoisotopic (exact) mass is 490 g/mol. The summed E-state index contributed by atoms with van der Waals surface area (Å²) >= 11 is 6.11. The van der Waals surface area contributed by atoms with Crippen LogP contribution in [0.4, 0.5) is 0 Å². The summed E-state index contributed by atoms with van der Waals surface area (Å²) in [7, 11) is -1.17. The molecule has 8 heteroatoms. The van der Waals surface area contributed by atoms with Crippen LogP contribution in [0.15, 0.2) is 54.6 Å². The van der Waals surface area contributed by atoms with Crippen molar-refractivity contribution in [3.8, 4) is 28.6 Å². The maximum atomic E-state index is 10.9. The lowest BCUT2D eigenvalue weighted by Crippen LogP contribution is -2.51. The first kappa shape index (κ1) is 24.0. The zero-order valence-corrected chi connectivity index (χ0v) is 21.2. The Morgan fingerprint density at radius 3 is 2.21 bits per heavy atom. The van der Waals surface area contributed by atoms with Gasteiger partial charge in [-0.15, -0.1) is 5.10 Å². The number of methoxy groups -OCH3 is 1. The molecule has 0 saturated carbocycles. The summed E-state index contributed by atoms with van der Waals surface area (Å²) in [6, 6.07) is 17.1. The minimum absolute atomic E-state index is 0.200. The molecular weight excluding hydrogens is 460 g/mol. The minimum atomic E-state index is -2.80. The zero-order valence-electron chi connectivity index (χ0n) is 19.6. The lowest BCUT2D eigenvalue weighted by atomic mass is 9.95. The van der Waals surface area contributed by atoms with Gasteiger partial charge in [-0.1, -0.05) is 35.9 Å². The highest BCUT2D eigenvalue weighted by Gasteiger charge is 2.52. The molecule has 6 nitrogen and oxygen atoms in total. The summed E-state index contributed by atoms with van der Waals surface area (Å²) in [5.74, 6) is 1.16. The van der Waals surface area contributed by atoms with Crippen LogP contribution in [-0.2, 0) is 0 Å². The van der Waals surface area contributed by atoms with E-state index in [1.807, 2.05) is 87.0 Å². The van der Waals surface area contributed by atoms with Gasteiger partial charge >= 0.3 is 0 Å². The fraction of sp³-hybridized carbons (Fsp3) is 0.400. The number of hydrogen-bond donors (Lipinski definition) is 2. The average molecular weight is 491 g/mol. The van der Waals surface area contributed by atoms with Crippen LogP contribution in [0, 0.1) is 0 Å². The van der Waals surface area contributed by atoms with Gasteiger partial charge in [-0.3, -0.25) is 9.11 Å². The van der Waals surface area contributed by atoms with Crippen LogP contribution >= 0.6 is 22.2 Å². The first-order chi connectivity index (χ1) is 15.4. The van der Waals surface area contributed by atoms with E-state index in [-0.39, 0.29) is 6.10 Å². The maximum absolute atomic E-state index is 10.9. The second-order valence-corrected chi connectivity index (χ2v) is 13.4. The van der Waals surface area contributed by atoms with E-state index in [9.17, 15) is 9.11 Å². The normalized spacial score (nSPS) is 20.2. The third kappa shape index (κ3) is 4.35. The van der Waals surface area contributed by atoms with Crippen LogP contribution in [0.3, 0.4) is 0 Å². The average Bonchev–Trinajstić information content (AvgIpc) is 3.16. The quantitative estimate of drug-likeness (QED) is 0.400. The largest absolute Gasteiger partial charge is 0.494 e. The molecule has 3 aromatic rings. The summed E-state index contributed by atoms with van der Waals surface area (Å²) in [6.45, 7) is 7.58. The molecule has 1 aromatic heterocycles. The number of rotatable bonds is 5. The van der Waals surface area contributed by atoms with E-state index in [1.165, 1.54) is 0 Å². The number of benzene rings is 2. The second-order valence-electron chi connectivity index (χ2n) is 9.67. The highest BCUT2D eigenvalue weighted by atomic mass is 35.5. The van der Waals surface area contributed by atoms with Crippen LogP contribution in [0.5, 0.6) is 11.6 Å². The van der Waals surface area contributed by atoms with Crippen LogP contribution in [0.1, 0.15) is 40.5 Å². The van der Waals surface area contributed by atoms with E-state index < -0.39 is 20.1 Å². The van der Waals surface area contributed by atoms with E-state index in [0.717, 1.165) is 16.9 Å². The van der Waals surface area contributed by atoms with Crippen molar-refractivity contribution < 1.29 is 18.6 Å². The molecule has 1 saturated heterocycles. The Kier molecular flexibility index (Phi) is 6.20. The third-order valence-electron chi connectivity index (χ3n) is 6.41. The van der Waals surface area contributed by atoms with Crippen LogP contribution in [0.25, 0.3) is 16.9 Å². The molecule has 1 aliphatic heterocycles. The van der Waals surface area contributed by atoms with Gasteiger partial charge in [0.05, 0.1) is 22.3 Å². The summed E-state index contributed by atoms with van der Waals surface area (Å²) in [6.07, 6.45) is 0.849. The Morgan fingerprint density at radius 2 is 1.61 bits per heavy atom. The molecule has 4 rings (SSSR count). The number of hydrogen-bond acceptors (Lipinski definition) is 5. The molecule has 0 atom stereocenters. The van der Waals surface area contributed by atoms with E-state index in [1.54, 1.807) is 7.11 Å². The molecule has 0 aliphatic carbocycles. The smallest absolute Gasteiger partial charge is 0.234 e. The molecule has 0 spiro atoms. The number of ether oxygens (including phenoxy) is 2. The predicted octanol–water partition coefficient (Wildman–Crippen LogP) is 7.05. The number of aromatic nitrogens is 2. The van der Waals surface area contributed by atoms with Crippen molar-refractivity contribution in [2.24, 2.45) is 0 Å². The SMILES string of the molecule is COc1ccccc1-n1nc(OC2CC(C)(C)S(O)(O)C(C)(C)C2)cc1-c1ccc(Cl)cc1. The molecule has 0 amide bonds. The Hall–Kier alpha value is -2.19. The molecule has 1 fully saturated rings. The van der Waals surface area contributed by atoms with Crippen LogP contribution < -0.4 is 9.47 Å². The molecule has 0 unspecified atom stereocenters. The van der Waals surface area contributed by atoms with E-state index in [2.05, 4.69) is 0 Å². The number of para-hydroxylation sites is 2. The van der Waals surface area contributed by atoms with E-state index in [4.69, 9.17) is 26.2 Å². The van der Waals surface area contributed by atoms with Crippen molar-refractivity contribution in [1.82, 2.24) is 9.78 Å². The first-order valence-electron chi connectivity index (χ1n) is 10.9. The van der Waals surface area contributed by atoms with Gasteiger partial charge in [-0.25, -0.2) is 4.68 Å². The molecule has 2 heterocycles. The summed E-state index contributed by atoms with van der Waals surface area (Å²) in [4.78, 5) is 0. The predicted molar refractivity (Wildman–Crippen MR) is 135 cm³/mol. The molecule has 178 valence electrons. The van der Waals surface area contributed by atoms with Crippen LogP contribution in [-0.4, -0.2) is 41.6 Å². The molecule has 0 radical (unpaired) electrons. The topological polar surface area (TPSA) is 76.7 Å². The maximum Gasteiger partial charge on any atom is 0.234 e. The zero-order chi connectivity index (χ0) is 24.0. The first-order valence-corrected chi connectivity index (χ1v) is 12.8. The van der Waals surface area contributed by atoms with Crippen LogP contribution in [0.2, 0.25) is 5.02 Å². The van der Waals surface area contributed by atoms with Crippen molar-refractivity contribution >= 4 is 22.2 Å². The van der Waals surface area contributed by atoms with Gasteiger partial charge in [0.25, 0.3) is 0 Å². The number of halogens is 1. The molecular formula is C25H31ClN2O4S. The van der Waals surface area contributed by atoms with Crippen molar-refractivity contribution in [2.45, 2.75) is 56.1 Å².